The van der Waals surface area contributed by atoms with E-state index in [1.165, 1.54) is 19.1 Å². The Kier molecular flexibility index (Phi) is 5.84. The summed E-state index contributed by atoms with van der Waals surface area (Å²) in [7, 11) is 0. The quantitative estimate of drug-likeness (QED) is 0.645. The first-order valence-electron chi connectivity index (χ1n) is 7.71. The van der Waals surface area contributed by atoms with Gasteiger partial charge in [0.25, 0.3) is 0 Å². The zero-order chi connectivity index (χ0) is 16.8. The van der Waals surface area contributed by atoms with E-state index in [0.717, 1.165) is 31.7 Å². The van der Waals surface area contributed by atoms with Gasteiger partial charge in [0.1, 0.15) is 5.82 Å². The maximum Gasteiger partial charge on any atom is 0.306 e. The van der Waals surface area contributed by atoms with Gasteiger partial charge in [-0.15, -0.1) is 0 Å². The van der Waals surface area contributed by atoms with Gasteiger partial charge >= 0.3 is 5.97 Å². The molecule has 0 spiro atoms. The zero-order valence-corrected chi connectivity index (χ0v) is 13.1. The zero-order valence-electron chi connectivity index (χ0n) is 13.1. The number of anilines is 1. The van der Waals surface area contributed by atoms with Crippen LogP contribution < -0.4 is 5.32 Å². The predicted octanol–water partition coefficient (Wildman–Crippen LogP) is 3.09. The fraction of sp³-hybridized carbons (Fsp3) is 0.471. The highest BCUT2D eigenvalue weighted by Gasteiger charge is 2.20. The monoisotopic (exact) mass is 321 g/mol. The van der Waals surface area contributed by atoms with Gasteiger partial charge in [-0.3, -0.25) is 14.4 Å². The molecule has 0 bridgehead atoms. The average molecular weight is 321 g/mol. The van der Waals surface area contributed by atoms with E-state index in [9.17, 15) is 18.8 Å². The third kappa shape index (κ3) is 5.16. The molecule has 1 saturated carbocycles. The molecule has 5 nitrogen and oxygen atoms in total. The van der Waals surface area contributed by atoms with Crippen LogP contribution in [0.3, 0.4) is 0 Å². The maximum absolute atomic E-state index is 13.9. The van der Waals surface area contributed by atoms with E-state index in [1.54, 1.807) is 0 Å². The van der Waals surface area contributed by atoms with Gasteiger partial charge in [-0.1, -0.05) is 12.8 Å². The normalized spacial score (nSPS) is 14.5. The van der Waals surface area contributed by atoms with Crippen LogP contribution in [0.2, 0.25) is 0 Å². The Labute approximate surface area is 134 Å². The summed E-state index contributed by atoms with van der Waals surface area (Å²) in [6.07, 6.45) is 4.60. The van der Waals surface area contributed by atoms with Gasteiger partial charge in [0.2, 0.25) is 11.7 Å². The number of halogens is 1. The number of carbonyl (C=O) groups is 3. The summed E-state index contributed by atoms with van der Waals surface area (Å²) in [5.41, 5.74) is 0.109. The highest BCUT2D eigenvalue weighted by atomic mass is 19.1. The minimum atomic E-state index is -0.756. The molecule has 0 aliphatic heterocycles. The predicted molar refractivity (Wildman–Crippen MR) is 82.6 cm³/mol. The second-order valence-electron chi connectivity index (χ2n) is 5.81. The molecule has 0 aromatic heterocycles. The molecule has 1 aliphatic rings. The molecule has 0 radical (unpaired) electrons. The van der Waals surface area contributed by atoms with E-state index < -0.39 is 24.2 Å². The number of nitrogens with one attached hydrogen (secondary N) is 1. The van der Waals surface area contributed by atoms with Crippen LogP contribution in [0.1, 0.15) is 49.4 Å². The molecule has 1 fully saturated rings. The molecule has 1 N–H and O–H groups in total. The van der Waals surface area contributed by atoms with Gasteiger partial charge in [-0.2, -0.15) is 0 Å². The molecule has 2 rings (SSSR count). The Bertz CT molecular complexity index is 609. The third-order valence-corrected chi connectivity index (χ3v) is 3.88. The molecular formula is C17H20FNO4. The second-order valence-corrected chi connectivity index (χ2v) is 5.81. The lowest BCUT2D eigenvalue weighted by molar-refractivity contribution is -0.143. The van der Waals surface area contributed by atoms with Crippen molar-refractivity contribution in [3.8, 4) is 0 Å². The van der Waals surface area contributed by atoms with Gasteiger partial charge in [0.05, 0.1) is 5.56 Å². The summed E-state index contributed by atoms with van der Waals surface area (Å²) in [5, 5.41) is 2.43. The summed E-state index contributed by atoms with van der Waals surface area (Å²) in [6, 6.07) is 3.76. The summed E-state index contributed by atoms with van der Waals surface area (Å²) in [6.45, 7) is 0.836. The molecule has 0 saturated heterocycles. The van der Waals surface area contributed by atoms with Crippen molar-refractivity contribution in [3.05, 3.63) is 29.6 Å². The Balaban J connectivity index is 1.87. The van der Waals surface area contributed by atoms with E-state index in [4.69, 9.17) is 4.74 Å². The number of esters is 1. The van der Waals surface area contributed by atoms with Crippen LogP contribution in [0.25, 0.3) is 0 Å². The average Bonchev–Trinajstić information content (AvgIpc) is 2.97. The molecule has 0 atom stereocenters. The Morgan fingerprint density at radius 2 is 1.96 bits per heavy atom. The highest BCUT2D eigenvalue weighted by molar-refractivity contribution is 5.99. The minimum absolute atomic E-state index is 0.159. The molecule has 124 valence electrons. The first-order valence-corrected chi connectivity index (χ1v) is 7.71. The van der Waals surface area contributed by atoms with Crippen LogP contribution in [0, 0.1) is 11.7 Å². The third-order valence-electron chi connectivity index (χ3n) is 3.88. The van der Waals surface area contributed by atoms with Crippen LogP contribution in [0.15, 0.2) is 18.2 Å². The van der Waals surface area contributed by atoms with Crippen molar-refractivity contribution >= 4 is 23.3 Å². The molecule has 1 aliphatic carbocycles. The number of benzene rings is 1. The number of ketones is 1. The minimum Gasteiger partial charge on any atom is -0.457 e. The molecule has 1 aromatic rings. The number of ether oxygens (including phenoxy) is 1. The van der Waals surface area contributed by atoms with E-state index in [-0.39, 0.29) is 17.2 Å². The van der Waals surface area contributed by atoms with Gasteiger partial charge < -0.3 is 10.1 Å². The lowest BCUT2D eigenvalue weighted by atomic mass is 10.0. The summed E-state index contributed by atoms with van der Waals surface area (Å²) in [5.74, 6) is -1.76. The SMILES string of the molecule is CC(=O)Nc1ccc(C(=O)COC(=O)CC2CCCC2)c(F)c1. The van der Waals surface area contributed by atoms with Gasteiger partial charge in [0.15, 0.2) is 6.61 Å². The van der Waals surface area contributed by atoms with Crippen molar-refractivity contribution in [2.24, 2.45) is 5.92 Å². The summed E-state index contributed by atoms with van der Waals surface area (Å²) < 4.78 is 18.8. The maximum atomic E-state index is 13.9. The van der Waals surface area contributed by atoms with Crippen LogP contribution in [-0.4, -0.2) is 24.3 Å². The van der Waals surface area contributed by atoms with Gasteiger partial charge in [-0.25, -0.2) is 4.39 Å². The Morgan fingerprint density at radius 3 is 2.57 bits per heavy atom. The summed E-state index contributed by atoms with van der Waals surface area (Å²) in [4.78, 5) is 34.5. The standard InChI is InChI=1S/C17H20FNO4/c1-11(20)19-13-6-7-14(15(18)9-13)16(21)10-23-17(22)8-12-4-2-3-5-12/h6-7,9,12H,2-5,8,10H2,1H3,(H,19,20). The van der Waals surface area contributed by atoms with Crippen LogP contribution >= 0.6 is 0 Å². The van der Waals surface area contributed by atoms with E-state index in [2.05, 4.69) is 5.32 Å². The number of rotatable bonds is 6. The smallest absolute Gasteiger partial charge is 0.306 e. The van der Waals surface area contributed by atoms with Gasteiger partial charge in [-0.05, 0) is 37.0 Å². The lowest BCUT2D eigenvalue weighted by Crippen LogP contribution is -2.17. The largest absolute Gasteiger partial charge is 0.457 e. The lowest BCUT2D eigenvalue weighted by Gasteiger charge is -2.09. The second kappa shape index (κ2) is 7.85. The van der Waals surface area contributed by atoms with Crippen LogP contribution in [0.4, 0.5) is 10.1 Å². The molecule has 1 amide bonds. The molecule has 1 aromatic carbocycles. The summed E-state index contributed by atoms with van der Waals surface area (Å²) >= 11 is 0. The van der Waals surface area contributed by atoms with Crippen molar-refractivity contribution in [1.82, 2.24) is 0 Å². The van der Waals surface area contributed by atoms with Crippen molar-refractivity contribution < 1.29 is 23.5 Å². The van der Waals surface area contributed by atoms with Crippen LogP contribution in [-0.2, 0) is 14.3 Å². The van der Waals surface area contributed by atoms with E-state index in [0.29, 0.717) is 12.3 Å². The highest BCUT2D eigenvalue weighted by Crippen LogP contribution is 2.27. The fourth-order valence-corrected chi connectivity index (χ4v) is 2.76. The number of amides is 1. The number of hydrogen-bond donors (Lipinski definition) is 1. The van der Waals surface area contributed by atoms with Crippen molar-refractivity contribution in [3.63, 3.8) is 0 Å². The van der Waals surface area contributed by atoms with Crippen molar-refractivity contribution in [2.45, 2.75) is 39.0 Å². The van der Waals surface area contributed by atoms with Crippen molar-refractivity contribution in [1.29, 1.82) is 0 Å². The van der Waals surface area contributed by atoms with E-state index in [1.807, 2.05) is 0 Å². The molecule has 23 heavy (non-hydrogen) atoms. The number of Topliss-reactive ketones (excluding diaryl/α,β-unsaturated/α-hetero) is 1. The van der Waals surface area contributed by atoms with Crippen LogP contribution in [0.5, 0.6) is 0 Å². The first kappa shape index (κ1) is 17.1. The molecule has 0 heterocycles. The first-order chi connectivity index (χ1) is 11.0. The Hall–Kier alpha value is -2.24. The van der Waals surface area contributed by atoms with E-state index >= 15 is 0 Å². The fourth-order valence-electron chi connectivity index (χ4n) is 2.76. The van der Waals surface area contributed by atoms with Gasteiger partial charge in [0, 0.05) is 19.0 Å². The van der Waals surface area contributed by atoms with Crippen molar-refractivity contribution in [2.75, 3.05) is 11.9 Å². The molecule has 0 unspecified atom stereocenters. The topological polar surface area (TPSA) is 72.5 Å². The number of hydrogen-bond acceptors (Lipinski definition) is 4. The number of carbonyl (C=O) groups excluding carboxylic acids is 3. The molecular weight excluding hydrogens is 301 g/mol. The molecule has 6 heteroatoms. The Morgan fingerprint density at radius 1 is 1.26 bits per heavy atom.